The van der Waals surface area contributed by atoms with Gasteiger partial charge in [-0.25, -0.2) is 9.98 Å². The van der Waals surface area contributed by atoms with Crippen LogP contribution in [0.15, 0.2) is 151 Å². The van der Waals surface area contributed by atoms with Gasteiger partial charge in [-0.1, -0.05) is 66.7 Å². The summed E-state index contributed by atoms with van der Waals surface area (Å²) in [6.45, 7) is 0. The van der Waals surface area contributed by atoms with Crippen LogP contribution in [0, 0.1) is 0 Å². The molecule has 5 aromatic rings. The maximum Gasteiger partial charge on any atom is 0.0900 e. The Morgan fingerprint density at radius 3 is 2.02 bits per heavy atom. The molecule has 1 aliphatic carbocycles. The highest BCUT2D eigenvalue weighted by atomic mass is 15.2. The summed E-state index contributed by atoms with van der Waals surface area (Å²) >= 11 is 0. The average molecular weight is 528 g/mol. The lowest BCUT2D eigenvalue weighted by atomic mass is 10.1. The summed E-state index contributed by atoms with van der Waals surface area (Å²) in [6.07, 6.45) is 0. The molecule has 0 radical (unpaired) electrons. The van der Waals surface area contributed by atoms with E-state index in [1.54, 1.807) is 0 Å². The smallest absolute Gasteiger partial charge is 0.0900 e. The summed E-state index contributed by atoms with van der Waals surface area (Å²) < 4.78 is 2.30. The highest BCUT2D eigenvalue weighted by Crippen LogP contribution is 2.49. The maximum absolute atomic E-state index is 5.15. The van der Waals surface area contributed by atoms with E-state index in [9.17, 15) is 0 Å². The van der Waals surface area contributed by atoms with Crippen LogP contribution in [0.2, 0.25) is 0 Å². The fourth-order valence-corrected chi connectivity index (χ4v) is 5.65. The number of aromatic nitrogens is 2. The van der Waals surface area contributed by atoms with E-state index in [1.807, 2.05) is 42.5 Å². The topological polar surface area (TPSA) is 45.5 Å². The first-order valence-electron chi connectivity index (χ1n) is 13.7. The van der Waals surface area contributed by atoms with E-state index >= 15 is 0 Å². The van der Waals surface area contributed by atoms with Crippen molar-refractivity contribution in [3.8, 4) is 17.1 Å². The molecule has 8 rings (SSSR count). The summed E-state index contributed by atoms with van der Waals surface area (Å²) in [4.78, 5) is 12.4. The molecule has 5 aromatic carbocycles. The van der Waals surface area contributed by atoms with Crippen molar-refractivity contribution < 1.29 is 0 Å². The third kappa shape index (κ3) is 4.03. The molecular weight excluding hydrogens is 502 g/mol. The number of hydrogen-bond donors (Lipinski definition) is 1. The molecule has 2 aliphatic heterocycles. The number of fused-ring (bicyclic) bond motifs is 4. The minimum Gasteiger partial charge on any atom is -0.352 e. The Balaban J connectivity index is 1.44. The summed E-state index contributed by atoms with van der Waals surface area (Å²) in [7, 11) is 0. The zero-order valence-corrected chi connectivity index (χ0v) is 22.1. The molecule has 0 saturated heterocycles. The first-order valence-corrected chi connectivity index (χ1v) is 13.7. The summed E-state index contributed by atoms with van der Waals surface area (Å²) in [5.41, 5.74) is 11.2. The van der Waals surface area contributed by atoms with E-state index in [2.05, 4.69) is 118 Å². The van der Waals surface area contributed by atoms with Gasteiger partial charge in [0.05, 0.1) is 56.2 Å². The standard InChI is InChI=1S/C36H25N5/c1-4-12-25(13-5-1)37-26-20-21-30-34(22-26)41(28-16-8-3-9-17-28)36-24-35-31(23-32(36)39-30)38-29-18-10-11-19-33(29)40(35)27-14-6-2-7-15-27/h1-24,38H. The van der Waals surface area contributed by atoms with Crippen LogP contribution in [0.3, 0.4) is 0 Å². The van der Waals surface area contributed by atoms with Crippen LogP contribution in [0.5, 0.6) is 0 Å². The largest absolute Gasteiger partial charge is 0.352 e. The van der Waals surface area contributed by atoms with E-state index in [0.717, 1.165) is 67.6 Å². The molecule has 1 N–H and O–H groups in total. The van der Waals surface area contributed by atoms with Crippen molar-refractivity contribution in [1.29, 1.82) is 0 Å². The Bertz CT molecular complexity index is 2070. The second-order valence-electron chi connectivity index (χ2n) is 10.1. The van der Waals surface area contributed by atoms with Gasteiger partial charge in [-0.3, -0.25) is 0 Å². The lowest BCUT2D eigenvalue weighted by Gasteiger charge is -2.34. The van der Waals surface area contributed by atoms with Gasteiger partial charge in [-0.2, -0.15) is 0 Å². The van der Waals surface area contributed by atoms with Gasteiger partial charge in [-0.05, 0) is 78.9 Å². The first kappa shape index (κ1) is 23.2. The van der Waals surface area contributed by atoms with Crippen LogP contribution < -0.4 is 15.6 Å². The second kappa shape index (κ2) is 9.50. The predicted octanol–water partition coefficient (Wildman–Crippen LogP) is 8.89. The van der Waals surface area contributed by atoms with Crippen LogP contribution in [0.4, 0.5) is 34.1 Å². The van der Waals surface area contributed by atoms with Crippen LogP contribution in [0.1, 0.15) is 0 Å². The van der Waals surface area contributed by atoms with Crippen molar-refractivity contribution in [2.24, 2.45) is 4.99 Å². The molecule has 0 bridgehead atoms. The molecule has 2 heterocycles. The molecule has 0 spiro atoms. The maximum atomic E-state index is 5.15. The van der Waals surface area contributed by atoms with Gasteiger partial charge in [0.15, 0.2) is 0 Å². The molecule has 0 aromatic heterocycles. The number of hydrogen-bond acceptors (Lipinski definition) is 4. The minimum atomic E-state index is 0.883. The van der Waals surface area contributed by atoms with Gasteiger partial charge in [-0.15, -0.1) is 0 Å². The van der Waals surface area contributed by atoms with Gasteiger partial charge in [0, 0.05) is 11.4 Å². The molecular formula is C36H25N5. The molecule has 0 unspecified atom stereocenters. The second-order valence-corrected chi connectivity index (χ2v) is 10.1. The zero-order valence-electron chi connectivity index (χ0n) is 22.1. The van der Waals surface area contributed by atoms with Gasteiger partial charge in [0.1, 0.15) is 0 Å². The molecule has 41 heavy (non-hydrogen) atoms. The fourth-order valence-electron chi connectivity index (χ4n) is 5.65. The zero-order chi connectivity index (χ0) is 27.2. The van der Waals surface area contributed by atoms with Crippen LogP contribution >= 0.6 is 0 Å². The van der Waals surface area contributed by atoms with Crippen molar-refractivity contribution in [3.05, 3.63) is 151 Å². The van der Waals surface area contributed by atoms with Crippen molar-refractivity contribution in [2.45, 2.75) is 0 Å². The van der Waals surface area contributed by atoms with Crippen molar-refractivity contribution in [1.82, 2.24) is 9.55 Å². The van der Waals surface area contributed by atoms with Crippen LogP contribution in [0.25, 0.3) is 28.1 Å². The number of rotatable bonds is 3. The van der Waals surface area contributed by atoms with Gasteiger partial charge < -0.3 is 14.8 Å². The Labute approximate surface area is 237 Å². The Hall–Kier alpha value is -5.68. The quantitative estimate of drug-likeness (QED) is 0.233. The summed E-state index contributed by atoms with van der Waals surface area (Å²) in [5.74, 6) is 0. The van der Waals surface area contributed by atoms with Crippen LogP contribution in [-0.4, -0.2) is 9.55 Å². The minimum absolute atomic E-state index is 0.883. The van der Waals surface area contributed by atoms with E-state index in [1.165, 1.54) is 0 Å². The monoisotopic (exact) mass is 527 g/mol. The molecule has 0 saturated carbocycles. The summed E-state index contributed by atoms with van der Waals surface area (Å²) in [6, 6.07) is 50.1. The van der Waals surface area contributed by atoms with E-state index in [0.29, 0.717) is 0 Å². The van der Waals surface area contributed by atoms with E-state index < -0.39 is 0 Å². The van der Waals surface area contributed by atoms with Gasteiger partial charge >= 0.3 is 0 Å². The number of anilines is 5. The van der Waals surface area contributed by atoms with Crippen LogP contribution in [-0.2, 0) is 0 Å². The predicted molar refractivity (Wildman–Crippen MR) is 167 cm³/mol. The SMILES string of the molecule is c1ccc(N=c2ccc3nc4cc5c(cc4n(-c4ccccc4)c-3c2)N(c2ccccc2)c2ccccc2N5)cc1. The summed E-state index contributed by atoms with van der Waals surface area (Å²) in [5, 5.41) is 4.55. The highest BCUT2D eigenvalue weighted by molar-refractivity contribution is 6.02. The third-order valence-electron chi connectivity index (χ3n) is 7.47. The lowest BCUT2D eigenvalue weighted by molar-refractivity contribution is 1.07. The Kier molecular flexibility index (Phi) is 5.38. The highest BCUT2D eigenvalue weighted by Gasteiger charge is 2.26. The number of nitrogens with one attached hydrogen (secondary N) is 1. The molecule has 5 nitrogen and oxygen atoms in total. The fraction of sp³-hybridized carbons (Fsp3) is 0. The van der Waals surface area contributed by atoms with Crippen molar-refractivity contribution in [2.75, 3.05) is 10.2 Å². The van der Waals surface area contributed by atoms with Crippen molar-refractivity contribution >= 4 is 45.2 Å². The van der Waals surface area contributed by atoms with E-state index in [-0.39, 0.29) is 0 Å². The van der Waals surface area contributed by atoms with Gasteiger partial charge in [0.2, 0.25) is 0 Å². The molecule has 0 atom stereocenters. The van der Waals surface area contributed by atoms with Crippen molar-refractivity contribution in [3.63, 3.8) is 0 Å². The normalized spacial score (nSPS) is 12.7. The average Bonchev–Trinajstić information content (AvgIpc) is 3.03. The first-order chi connectivity index (χ1) is 20.3. The third-order valence-corrected chi connectivity index (χ3v) is 7.47. The molecule has 5 heteroatoms. The number of nitrogens with zero attached hydrogens (tertiary/aromatic N) is 4. The lowest BCUT2D eigenvalue weighted by Crippen LogP contribution is -2.18. The van der Waals surface area contributed by atoms with E-state index in [4.69, 9.17) is 9.98 Å². The molecule has 194 valence electrons. The Morgan fingerprint density at radius 1 is 0.561 bits per heavy atom. The molecule has 0 amide bonds. The molecule has 3 aliphatic rings. The van der Waals surface area contributed by atoms with Gasteiger partial charge in [0.25, 0.3) is 0 Å². The molecule has 0 fully saturated rings. The number of para-hydroxylation sites is 5. The Morgan fingerprint density at radius 2 is 1.24 bits per heavy atom. The number of benzene rings is 6.